The van der Waals surface area contributed by atoms with E-state index in [1.54, 1.807) is 30.5 Å². The highest BCUT2D eigenvalue weighted by atomic mass is 16.3. The Morgan fingerprint density at radius 2 is 0.947 bits per heavy atom. The van der Waals surface area contributed by atoms with Crippen LogP contribution in [0.2, 0.25) is 0 Å². The van der Waals surface area contributed by atoms with Gasteiger partial charge in [0.2, 0.25) is 0 Å². The molecule has 0 aliphatic carbocycles. The van der Waals surface area contributed by atoms with Gasteiger partial charge in [0.1, 0.15) is 11.5 Å². The predicted molar refractivity (Wildman–Crippen MR) is 159 cm³/mol. The zero-order valence-electron chi connectivity index (χ0n) is 23.5. The average molecular weight is 517 g/mol. The molecule has 3 rings (SSSR count). The second kappa shape index (κ2) is 17.6. The lowest BCUT2D eigenvalue weighted by molar-refractivity contribution is 0.475. The van der Waals surface area contributed by atoms with Gasteiger partial charge in [-0.15, -0.1) is 0 Å². The Bertz CT molecular complexity index is 1030. The van der Waals surface area contributed by atoms with Crippen molar-refractivity contribution < 1.29 is 10.2 Å². The van der Waals surface area contributed by atoms with Crippen LogP contribution < -0.4 is 0 Å². The molecule has 2 N–H and O–H groups in total. The van der Waals surface area contributed by atoms with Gasteiger partial charge in [0, 0.05) is 11.1 Å². The number of rotatable bonds is 19. The van der Waals surface area contributed by atoms with E-state index in [0.717, 1.165) is 41.1 Å². The molecule has 0 saturated heterocycles. The summed E-state index contributed by atoms with van der Waals surface area (Å²) in [6, 6.07) is 14.3. The normalized spacial score (nSPS) is 11.2. The van der Waals surface area contributed by atoms with E-state index >= 15 is 0 Å². The van der Waals surface area contributed by atoms with E-state index in [9.17, 15) is 10.2 Å². The number of phenols is 2. The maximum absolute atomic E-state index is 9.69. The molecule has 0 saturated carbocycles. The SMILES string of the molecule is CCCCCCCCCCCCCCCCCCc1nc(-c2ccc(O)cc2)cnc1-c1ccc(O)cc1. The highest BCUT2D eigenvalue weighted by molar-refractivity contribution is 5.66. The highest BCUT2D eigenvalue weighted by Gasteiger charge is 2.12. The predicted octanol–water partition coefficient (Wildman–Crippen LogP) is 10.0. The van der Waals surface area contributed by atoms with Crippen LogP contribution in [0.4, 0.5) is 0 Å². The summed E-state index contributed by atoms with van der Waals surface area (Å²) in [7, 11) is 0. The lowest BCUT2D eigenvalue weighted by Crippen LogP contribution is -2.00. The summed E-state index contributed by atoms with van der Waals surface area (Å²) in [6.45, 7) is 2.28. The third kappa shape index (κ3) is 10.8. The topological polar surface area (TPSA) is 66.2 Å². The number of hydrogen-bond donors (Lipinski definition) is 2. The fourth-order valence-electron chi connectivity index (χ4n) is 5.07. The Kier molecular flexibility index (Phi) is 13.7. The number of aryl methyl sites for hydroxylation is 1. The van der Waals surface area contributed by atoms with Gasteiger partial charge < -0.3 is 10.2 Å². The van der Waals surface area contributed by atoms with E-state index in [1.807, 2.05) is 24.3 Å². The third-order valence-corrected chi connectivity index (χ3v) is 7.42. The van der Waals surface area contributed by atoms with E-state index in [4.69, 9.17) is 9.97 Å². The van der Waals surface area contributed by atoms with Crippen molar-refractivity contribution in [3.63, 3.8) is 0 Å². The Morgan fingerprint density at radius 3 is 1.42 bits per heavy atom. The molecule has 0 atom stereocenters. The van der Waals surface area contributed by atoms with Crippen molar-refractivity contribution in [1.82, 2.24) is 9.97 Å². The maximum Gasteiger partial charge on any atom is 0.115 e. The van der Waals surface area contributed by atoms with Crippen LogP contribution in [-0.4, -0.2) is 20.2 Å². The molecule has 0 amide bonds. The van der Waals surface area contributed by atoms with Gasteiger partial charge in [0.25, 0.3) is 0 Å². The van der Waals surface area contributed by atoms with Crippen molar-refractivity contribution in [2.75, 3.05) is 0 Å². The van der Waals surface area contributed by atoms with E-state index in [2.05, 4.69) is 6.92 Å². The van der Waals surface area contributed by atoms with Crippen molar-refractivity contribution in [3.05, 3.63) is 60.4 Å². The van der Waals surface area contributed by atoms with Crippen LogP contribution >= 0.6 is 0 Å². The van der Waals surface area contributed by atoms with Crippen molar-refractivity contribution in [2.45, 2.75) is 116 Å². The van der Waals surface area contributed by atoms with Gasteiger partial charge in [0.05, 0.1) is 23.3 Å². The number of unbranched alkanes of at least 4 members (excludes halogenated alkanes) is 15. The first kappa shape index (κ1) is 29.7. The molecule has 4 heteroatoms. The van der Waals surface area contributed by atoms with E-state index in [-0.39, 0.29) is 11.5 Å². The fourth-order valence-corrected chi connectivity index (χ4v) is 5.07. The highest BCUT2D eigenvalue weighted by Crippen LogP contribution is 2.27. The molecule has 0 spiro atoms. The van der Waals surface area contributed by atoms with Gasteiger partial charge in [-0.05, 0) is 61.4 Å². The minimum Gasteiger partial charge on any atom is -0.508 e. The van der Waals surface area contributed by atoms with Gasteiger partial charge in [-0.2, -0.15) is 0 Å². The van der Waals surface area contributed by atoms with Crippen molar-refractivity contribution in [3.8, 4) is 34.0 Å². The number of aromatic hydroxyl groups is 2. The monoisotopic (exact) mass is 516 g/mol. The molecular weight excluding hydrogens is 468 g/mol. The lowest BCUT2D eigenvalue weighted by Gasteiger charge is -2.11. The van der Waals surface area contributed by atoms with Crippen molar-refractivity contribution >= 4 is 0 Å². The minimum absolute atomic E-state index is 0.246. The molecule has 0 fully saturated rings. The summed E-state index contributed by atoms with van der Waals surface area (Å²) in [6.07, 6.45) is 24.4. The smallest absolute Gasteiger partial charge is 0.115 e. The molecule has 3 aromatic rings. The molecule has 0 unspecified atom stereocenters. The number of aromatic nitrogens is 2. The van der Waals surface area contributed by atoms with Crippen LogP contribution in [0.1, 0.15) is 115 Å². The molecule has 206 valence electrons. The van der Waals surface area contributed by atoms with Crippen LogP contribution in [0, 0.1) is 0 Å². The quantitative estimate of drug-likeness (QED) is 0.156. The summed E-state index contributed by atoms with van der Waals surface area (Å²) in [5.74, 6) is 0.498. The van der Waals surface area contributed by atoms with Gasteiger partial charge in [0.15, 0.2) is 0 Å². The molecule has 1 aromatic heterocycles. The number of hydrogen-bond acceptors (Lipinski definition) is 4. The molecule has 38 heavy (non-hydrogen) atoms. The van der Waals surface area contributed by atoms with Gasteiger partial charge in [-0.3, -0.25) is 4.98 Å². The van der Waals surface area contributed by atoms with Crippen LogP contribution in [0.15, 0.2) is 54.7 Å². The molecular formula is C34H48N2O2. The zero-order chi connectivity index (χ0) is 26.8. The van der Waals surface area contributed by atoms with Gasteiger partial charge in [-0.1, -0.05) is 103 Å². The van der Waals surface area contributed by atoms with E-state index in [1.165, 1.54) is 96.3 Å². The Balaban J connectivity index is 1.37. The Hall–Kier alpha value is -2.88. The first-order valence-electron chi connectivity index (χ1n) is 15.1. The summed E-state index contributed by atoms with van der Waals surface area (Å²) in [5.41, 5.74) is 4.61. The van der Waals surface area contributed by atoms with E-state index < -0.39 is 0 Å². The molecule has 0 aliphatic rings. The molecule has 1 heterocycles. The first-order chi connectivity index (χ1) is 18.7. The Labute approximate surface area is 230 Å². The largest absolute Gasteiger partial charge is 0.508 e. The van der Waals surface area contributed by atoms with Crippen LogP contribution in [0.25, 0.3) is 22.5 Å². The number of phenolic OH excluding ortho intramolecular Hbond substituents is 2. The third-order valence-electron chi connectivity index (χ3n) is 7.42. The fraction of sp³-hybridized carbons (Fsp3) is 0.529. The second-order valence-corrected chi connectivity index (χ2v) is 10.7. The van der Waals surface area contributed by atoms with Crippen LogP contribution in [0.3, 0.4) is 0 Å². The second-order valence-electron chi connectivity index (χ2n) is 10.7. The Morgan fingerprint density at radius 1 is 0.526 bits per heavy atom. The molecule has 0 radical (unpaired) electrons. The van der Waals surface area contributed by atoms with Crippen molar-refractivity contribution in [1.29, 1.82) is 0 Å². The van der Waals surface area contributed by atoms with Crippen LogP contribution in [-0.2, 0) is 6.42 Å². The summed E-state index contributed by atoms with van der Waals surface area (Å²) in [5, 5.41) is 19.3. The van der Waals surface area contributed by atoms with Gasteiger partial charge >= 0.3 is 0 Å². The van der Waals surface area contributed by atoms with Gasteiger partial charge in [-0.25, -0.2) is 4.98 Å². The zero-order valence-corrected chi connectivity index (χ0v) is 23.5. The average Bonchev–Trinajstić information content (AvgIpc) is 2.94. The standard InChI is InChI=1S/C34H48N2O2/c1-2-3-4-5-6-7-8-9-10-11-12-13-14-15-16-17-18-32-34(29-21-25-31(38)26-22-29)35-27-33(36-32)28-19-23-30(37)24-20-28/h19-27,37-38H,2-18H2,1H3. The summed E-state index contributed by atoms with van der Waals surface area (Å²) in [4.78, 5) is 9.73. The summed E-state index contributed by atoms with van der Waals surface area (Å²) >= 11 is 0. The minimum atomic E-state index is 0.246. The maximum atomic E-state index is 9.69. The molecule has 2 aromatic carbocycles. The van der Waals surface area contributed by atoms with Crippen molar-refractivity contribution in [2.24, 2.45) is 0 Å². The number of benzene rings is 2. The lowest BCUT2D eigenvalue weighted by atomic mass is 10.0. The van der Waals surface area contributed by atoms with E-state index in [0.29, 0.717) is 0 Å². The first-order valence-corrected chi connectivity index (χ1v) is 15.1. The molecule has 0 aliphatic heterocycles. The summed E-state index contributed by atoms with van der Waals surface area (Å²) < 4.78 is 0. The number of nitrogens with zero attached hydrogens (tertiary/aromatic N) is 2. The molecule has 4 nitrogen and oxygen atoms in total. The molecule has 0 bridgehead atoms. The van der Waals surface area contributed by atoms with Crippen LogP contribution in [0.5, 0.6) is 11.5 Å².